The van der Waals surface area contributed by atoms with Crippen molar-refractivity contribution >= 4 is 44.9 Å². The van der Waals surface area contributed by atoms with Crippen LogP contribution in [0, 0.1) is 0 Å². The molecule has 0 aliphatic heterocycles. The smallest absolute Gasteiger partial charge is 0.324 e. The third kappa shape index (κ3) is 3.28. The van der Waals surface area contributed by atoms with Gasteiger partial charge in [-0.25, -0.2) is 8.42 Å². The maximum Gasteiger partial charge on any atom is 0.324 e. The Morgan fingerprint density at radius 3 is 2.50 bits per heavy atom. The molecular weight excluding hydrogens is 301 g/mol. The zero-order valence-corrected chi connectivity index (χ0v) is 11.8. The van der Waals surface area contributed by atoms with Gasteiger partial charge in [-0.3, -0.25) is 9.10 Å². The maximum absolute atomic E-state index is 11.9. The predicted molar refractivity (Wildman–Crippen MR) is 70.9 cm³/mol. The van der Waals surface area contributed by atoms with Crippen LogP contribution in [0.2, 0.25) is 10.0 Å². The van der Waals surface area contributed by atoms with Crippen LogP contribution in [0.25, 0.3) is 0 Å². The Hall–Kier alpha value is -0.980. The molecule has 1 aromatic rings. The first-order chi connectivity index (χ1) is 8.29. The molecule has 100 valence electrons. The second-order valence-corrected chi connectivity index (χ2v) is 6.34. The minimum Gasteiger partial charge on any atom is -0.480 e. The van der Waals surface area contributed by atoms with E-state index in [-0.39, 0.29) is 21.5 Å². The summed E-state index contributed by atoms with van der Waals surface area (Å²) < 4.78 is 24.5. The number of halogens is 2. The zero-order valence-electron chi connectivity index (χ0n) is 9.43. The van der Waals surface area contributed by atoms with E-state index in [1.54, 1.807) is 0 Å². The van der Waals surface area contributed by atoms with Gasteiger partial charge in [0.15, 0.2) is 0 Å². The molecule has 18 heavy (non-hydrogen) atoms. The van der Waals surface area contributed by atoms with Crippen LogP contribution in [0.1, 0.15) is 6.92 Å². The van der Waals surface area contributed by atoms with Gasteiger partial charge >= 0.3 is 5.97 Å². The molecule has 0 spiro atoms. The molecule has 1 aromatic carbocycles. The van der Waals surface area contributed by atoms with Gasteiger partial charge in [0.2, 0.25) is 10.0 Å². The van der Waals surface area contributed by atoms with Gasteiger partial charge in [-0.05, 0) is 19.1 Å². The van der Waals surface area contributed by atoms with E-state index in [4.69, 9.17) is 28.3 Å². The highest BCUT2D eigenvalue weighted by Gasteiger charge is 2.25. The van der Waals surface area contributed by atoms with Gasteiger partial charge in [-0.15, -0.1) is 0 Å². The van der Waals surface area contributed by atoms with Gasteiger partial charge in [0.1, 0.15) is 6.54 Å². The molecule has 1 rings (SSSR count). The number of sulfonamides is 1. The summed E-state index contributed by atoms with van der Waals surface area (Å²) in [7, 11) is -3.74. The molecule has 5 nitrogen and oxygen atoms in total. The van der Waals surface area contributed by atoms with Crippen molar-refractivity contribution in [2.45, 2.75) is 6.92 Å². The number of aliphatic carboxylic acids is 1. The number of carboxylic acid groups (broad SMARTS) is 1. The largest absolute Gasteiger partial charge is 0.480 e. The Balaban J connectivity index is 3.35. The molecule has 0 bridgehead atoms. The Morgan fingerprint density at radius 2 is 2.00 bits per heavy atom. The quantitative estimate of drug-likeness (QED) is 0.905. The highest BCUT2D eigenvalue weighted by molar-refractivity contribution is 7.92. The van der Waals surface area contributed by atoms with Gasteiger partial charge in [-0.1, -0.05) is 29.3 Å². The molecule has 0 fully saturated rings. The van der Waals surface area contributed by atoms with E-state index in [1.807, 2.05) is 0 Å². The average molecular weight is 312 g/mol. The Labute approximate surface area is 115 Å². The van der Waals surface area contributed by atoms with Crippen molar-refractivity contribution in [2.24, 2.45) is 0 Å². The van der Waals surface area contributed by atoms with Crippen molar-refractivity contribution in [1.29, 1.82) is 0 Å². The fourth-order valence-corrected chi connectivity index (χ4v) is 2.82. The number of benzene rings is 1. The summed E-state index contributed by atoms with van der Waals surface area (Å²) in [6, 6.07) is 4.40. The van der Waals surface area contributed by atoms with Crippen molar-refractivity contribution in [2.75, 3.05) is 16.6 Å². The number of rotatable bonds is 5. The first-order valence-electron chi connectivity index (χ1n) is 4.95. The summed E-state index contributed by atoms with van der Waals surface area (Å²) in [5.41, 5.74) is 0.0633. The molecule has 0 heterocycles. The van der Waals surface area contributed by atoms with Crippen molar-refractivity contribution in [3.8, 4) is 0 Å². The van der Waals surface area contributed by atoms with Crippen LogP contribution in [0.3, 0.4) is 0 Å². The van der Waals surface area contributed by atoms with E-state index in [0.717, 1.165) is 4.31 Å². The Kier molecular flexibility index (Phi) is 4.84. The molecular formula is C10H11Cl2NO4S. The van der Waals surface area contributed by atoms with Crippen molar-refractivity contribution in [3.63, 3.8) is 0 Å². The van der Waals surface area contributed by atoms with Crippen LogP contribution < -0.4 is 4.31 Å². The summed E-state index contributed by atoms with van der Waals surface area (Å²) in [5, 5.41) is 8.96. The third-order valence-corrected chi connectivity index (χ3v) is 4.72. The summed E-state index contributed by atoms with van der Waals surface area (Å²) in [4.78, 5) is 10.8. The monoisotopic (exact) mass is 311 g/mol. The molecule has 0 saturated heterocycles. The fraction of sp³-hybridized carbons (Fsp3) is 0.300. The molecule has 0 atom stereocenters. The SMILES string of the molecule is CCS(=O)(=O)N(CC(=O)O)c1cccc(Cl)c1Cl. The van der Waals surface area contributed by atoms with E-state index < -0.39 is 22.5 Å². The predicted octanol–water partition coefficient (Wildman–Crippen LogP) is 2.23. The van der Waals surface area contributed by atoms with Crippen molar-refractivity contribution < 1.29 is 18.3 Å². The second kappa shape index (κ2) is 5.77. The maximum atomic E-state index is 11.9. The van der Waals surface area contributed by atoms with E-state index >= 15 is 0 Å². The number of hydrogen-bond acceptors (Lipinski definition) is 3. The topological polar surface area (TPSA) is 74.7 Å². The summed E-state index contributed by atoms with van der Waals surface area (Å²) >= 11 is 11.7. The molecule has 1 N–H and O–H groups in total. The number of carbonyl (C=O) groups is 1. The lowest BCUT2D eigenvalue weighted by Gasteiger charge is -2.23. The van der Waals surface area contributed by atoms with Crippen LogP contribution in [-0.2, 0) is 14.8 Å². The van der Waals surface area contributed by atoms with Gasteiger partial charge in [-0.2, -0.15) is 0 Å². The fourth-order valence-electron chi connectivity index (χ4n) is 1.30. The number of carboxylic acids is 1. The van der Waals surface area contributed by atoms with Crippen molar-refractivity contribution in [1.82, 2.24) is 0 Å². The van der Waals surface area contributed by atoms with Crippen LogP contribution >= 0.6 is 23.2 Å². The molecule has 0 unspecified atom stereocenters. The first-order valence-corrected chi connectivity index (χ1v) is 7.32. The highest BCUT2D eigenvalue weighted by Crippen LogP contribution is 2.33. The molecule has 8 heteroatoms. The number of nitrogens with zero attached hydrogens (tertiary/aromatic N) is 1. The van der Waals surface area contributed by atoms with Crippen molar-refractivity contribution in [3.05, 3.63) is 28.2 Å². The average Bonchev–Trinajstić information content (AvgIpc) is 2.30. The zero-order chi connectivity index (χ0) is 13.9. The lowest BCUT2D eigenvalue weighted by atomic mass is 10.3. The summed E-state index contributed by atoms with van der Waals surface area (Å²) in [6.07, 6.45) is 0. The Morgan fingerprint density at radius 1 is 1.39 bits per heavy atom. The van der Waals surface area contributed by atoms with Gasteiger partial charge < -0.3 is 5.11 Å². The minimum atomic E-state index is -3.74. The summed E-state index contributed by atoms with van der Waals surface area (Å²) in [5.74, 6) is -1.51. The lowest BCUT2D eigenvalue weighted by Crippen LogP contribution is -2.37. The van der Waals surface area contributed by atoms with Crippen LogP contribution in [0.5, 0.6) is 0 Å². The molecule has 0 aromatic heterocycles. The third-order valence-electron chi connectivity index (χ3n) is 2.18. The second-order valence-electron chi connectivity index (χ2n) is 3.37. The lowest BCUT2D eigenvalue weighted by molar-refractivity contribution is -0.135. The standard InChI is InChI=1S/C10H11Cl2NO4S/c1-2-18(16,17)13(6-9(14)15)8-5-3-4-7(11)10(8)12/h3-5H,2,6H2,1H3,(H,14,15). The van der Waals surface area contributed by atoms with E-state index in [1.165, 1.54) is 25.1 Å². The van der Waals surface area contributed by atoms with E-state index in [2.05, 4.69) is 0 Å². The molecule has 0 amide bonds. The molecule has 0 saturated carbocycles. The number of anilines is 1. The van der Waals surface area contributed by atoms with E-state index in [0.29, 0.717) is 0 Å². The van der Waals surface area contributed by atoms with Crippen LogP contribution in [0.15, 0.2) is 18.2 Å². The minimum absolute atomic E-state index is 0.0115. The van der Waals surface area contributed by atoms with E-state index in [9.17, 15) is 13.2 Å². The number of hydrogen-bond donors (Lipinski definition) is 1. The van der Waals surface area contributed by atoms with Gasteiger partial charge in [0.05, 0.1) is 21.5 Å². The van der Waals surface area contributed by atoms with Gasteiger partial charge in [0.25, 0.3) is 0 Å². The highest BCUT2D eigenvalue weighted by atomic mass is 35.5. The first kappa shape index (κ1) is 15.1. The van der Waals surface area contributed by atoms with Crippen LogP contribution in [0.4, 0.5) is 5.69 Å². The van der Waals surface area contributed by atoms with Crippen LogP contribution in [-0.4, -0.2) is 31.8 Å². The molecule has 0 aliphatic carbocycles. The normalized spacial score (nSPS) is 11.3. The van der Waals surface area contributed by atoms with Gasteiger partial charge in [0, 0.05) is 0 Å². The molecule has 0 radical (unpaired) electrons. The summed E-state index contributed by atoms with van der Waals surface area (Å²) in [6.45, 7) is 0.721. The Bertz CT molecular complexity index is 559. The molecule has 0 aliphatic rings.